The van der Waals surface area contributed by atoms with E-state index < -0.39 is 0 Å². The van der Waals surface area contributed by atoms with E-state index in [0.717, 1.165) is 5.56 Å². The summed E-state index contributed by atoms with van der Waals surface area (Å²) in [4.78, 5) is 11.8. The fraction of sp³-hybridized carbons (Fsp3) is 0.462. The third-order valence-corrected chi connectivity index (χ3v) is 2.69. The molecule has 2 atom stereocenters. The van der Waals surface area contributed by atoms with E-state index in [2.05, 4.69) is 10.6 Å². The van der Waals surface area contributed by atoms with Crippen molar-refractivity contribution in [3.8, 4) is 0 Å². The van der Waals surface area contributed by atoms with Crippen LogP contribution in [-0.4, -0.2) is 19.5 Å². The third-order valence-electron chi connectivity index (χ3n) is 2.69. The predicted octanol–water partition coefficient (Wildman–Crippen LogP) is 1.86. The van der Waals surface area contributed by atoms with E-state index in [0.29, 0.717) is 6.54 Å². The lowest BCUT2D eigenvalue weighted by atomic mass is 10.1. The molecule has 2 unspecified atom stereocenters. The molecular formula is C13H19FN2O. The molecule has 0 fully saturated rings. The fourth-order valence-electron chi connectivity index (χ4n) is 1.59. The molecule has 1 rings (SSSR count). The Morgan fingerprint density at radius 3 is 2.41 bits per heavy atom. The van der Waals surface area contributed by atoms with Crippen LogP contribution in [0.25, 0.3) is 0 Å². The van der Waals surface area contributed by atoms with Crippen LogP contribution in [0.3, 0.4) is 0 Å². The largest absolute Gasteiger partial charge is 0.349 e. The quantitative estimate of drug-likeness (QED) is 0.822. The van der Waals surface area contributed by atoms with Crippen molar-refractivity contribution in [1.82, 2.24) is 10.6 Å². The molecule has 0 spiro atoms. The first-order valence-electron chi connectivity index (χ1n) is 5.75. The molecule has 94 valence electrons. The molecule has 0 radical (unpaired) electrons. The minimum Gasteiger partial charge on any atom is -0.349 e. The van der Waals surface area contributed by atoms with Gasteiger partial charge in [-0.1, -0.05) is 19.1 Å². The van der Waals surface area contributed by atoms with Gasteiger partial charge in [0.2, 0.25) is 5.91 Å². The van der Waals surface area contributed by atoms with Gasteiger partial charge in [-0.05, 0) is 31.7 Å². The number of nitrogens with one attached hydrogen (secondary N) is 2. The van der Waals surface area contributed by atoms with E-state index in [1.165, 1.54) is 12.1 Å². The Morgan fingerprint density at radius 2 is 1.88 bits per heavy atom. The SMILES string of the molecule is CNCC(C)C(=O)NC(C)c1ccc(F)cc1. The number of hydrogen-bond donors (Lipinski definition) is 2. The Hall–Kier alpha value is -1.42. The molecule has 0 aliphatic carbocycles. The molecule has 0 aromatic heterocycles. The van der Waals surface area contributed by atoms with Crippen molar-refractivity contribution in [3.63, 3.8) is 0 Å². The van der Waals surface area contributed by atoms with Crippen molar-refractivity contribution >= 4 is 5.91 Å². The van der Waals surface area contributed by atoms with E-state index in [1.54, 1.807) is 12.1 Å². The van der Waals surface area contributed by atoms with E-state index >= 15 is 0 Å². The van der Waals surface area contributed by atoms with Gasteiger partial charge in [0.15, 0.2) is 0 Å². The summed E-state index contributed by atoms with van der Waals surface area (Å²) in [5.74, 6) is -0.352. The monoisotopic (exact) mass is 238 g/mol. The summed E-state index contributed by atoms with van der Waals surface area (Å²) < 4.78 is 12.7. The van der Waals surface area contributed by atoms with Crippen molar-refractivity contribution in [2.45, 2.75) is 19.9 Å². The molecule has 1 aromatic rings. The van der Waals surface area contributed by atoms with Gasteiger partial charge in [-0.2, -0.15) is 0 Å². The zero-order chi connectivity index (χ0) is 12.8. The average molecular weight is 238 g/mol. The van der Waals surface area contributed by atoms with Gasteiger partial charge in [0.05, 0.1) is 6.04 Å². The summed E-state index contributed by atoms with van der Waals surface area (Å²) in [5.41, 5.74) is 0.899. The Kier molecular flexibility index (Phi) is 5.10. The van der Waals surface area contributed by atoms with E-state index in [1.807, 2.05) is 20.9 Å². The highest BCUT2D eigenvalue weighted by atomic mass is 19.1. The van der Waals surface area contributed by atoms with Gasteiger partial charge in [0, 0.05) is 12.5 Å². The number of amides is 1. The first-order chi connectivity index (χ1) is 8.04. The number of rotatable bonds is 5. The van der Waals surface area contributed by atoms with Crippen molar-refractivity contribution in [1.29, 1.82) is 0 Å². The van der Waals surface area contributed by atoms with Gasteiger partial charge < -0.3 is 10.6 Å². The molecule has 0 heterocycles. The second-order valence-electron chi connectivity index (χ2n) is 4.24. The van der Waals surface area contributed by atoms with Crippen LogP contribution in [0, 0.1) is 11.7 Å². The predicted molar refractivity (Wildman–Crippen MR) is 66.0 cm³/mol. The molecule has 2 N–H and O–H groups in total. The number of hydrogen-bond acceptors (Lipinski definition) is 2. The Balaban J connectivity index is 2.57. The first-order valence-corrected chi connectivity index (χ1v) is 5.75. The molecule has 1 aromatic carbocycles. The van der Waals surface area contributed by atoms with Gasteiger partial charge in [0.1, 0.15) is 5.82 Å². The lowest BCUT2D eigenvalue weighted by molar-refractivity contribution is -0.125. The minimum atomic E-state index is -0.268. The van der Waals surface area contributed by atoms with Gasteiger partial charge in [-0.3, -0.25) is 4.79 Å². The van der Waals surface area contributed by atoms with E-state index in [9.17, 15) is 9.18 Å². The van der Waals surface area contributed by atoms with Crippen LogP contribution < -0.4 is 10.6 Å². The van der Waals surface area contributed by atoms with Crippen LogP contribution in [0.1, 0.15) is 25.5 Å². The molecule has 0 bridgehead atoms. The van der Waals surface area contributed by atoms with Crippen LogP contribution in [-0.2, 0) is 4.79 Å². The first kappa shape index (κ1) is 13.6. The van der Waals surface area contributed by atoms with Crippen LogP contribution in [0.4, 0.5) is 4.39 Å². The van der Waals surface area contributed by atoms with Gasteiger partial charge in [0.25, 0.3) is 0 Å². The molecular weight excluding hydrogens is 219 g/mol. The zero-order valence-electron chi connectivity index (χ0n) is 10.5. The van der Waals surface area contributed by atoms with Crippen LogP contribution in [0.2, 0.25) is 0 Å². The highest BCUT2D eigenvalue weighted by molar-refractivity contribution is 5.78. The molecule has 0 saturated carbocycles. The standard InChI is InChI=1S/C13H19FN2O/c1-9(8-15-3)13(17)16-10(2)11-4-6-12(14)7-5-11/h4-7,9-10,15H,8H2,1-3H3,(H,16,17). The van der Waals surface area contributed by atoms with Gasteiger partial charge in [-0.25, -0.2) is 4.39 Å². The maximum absolute atomic E-state index is 12.7. The third kappa shape index (κ3) is 4.15. The lowest BCUT2D eigenvalue weighted by Crippen LogP contribution is -2.35. The smallest absolute Gasteiger partial charge is 0.224 e. The summed E-state index contributed by atoms with van der Waals surface area (Å²) in [6, 6.07) is 6.05. The highest BCUT2D eigenvalue weighted by Gasteiger charge is 2.15. The lowest BCUT2D eigenvalue weighted by Gasteiger charge is -2.17. The second kappa shape index (κ2) is 6.35. The molecule has 3 nitrogen and oxygen atoms in total. The second-order valence-corrected chi connectivity index (χ2v) is 4.24. The van der Waals surface area contributed by atoms with E-state index in [4.69, 9.17) is 0 Å². The van der Waals surface area contributed by atoms with Crippen molar-refractivity contribution in [3.05, 3.63) is 35.6 Å². The fourth-order valence-corrected chi connectivity index (χ4v) is 1.59. The van der Waals surface area contributed by atoms with Gasteiger partial charge in [-0.15, -0.1) is 0 Å². The molecule has 1 amide bonds. The van der Waals surface area contributed by atoms with Crippen molar-refractivity contribution < 1.29 is 9.18 Å². The number of carbonyl (C=O) groups excluding carboxylic acids is 1. The van der Waals surface area contributed by atoms with Crippen LogP contribution >= 0.6 is 0 Å². The summed E-state index contributed by atoms with van der Waals surface area (Å²) >= 11 is 0. The van der Waals surface area contributed by atoms with E-state index in [-0.39, 0.29) is 23.7 Å². The summed E-state index contributed by atoms with van der Waals surface area (Å²) in [5, 5.41) is 5.86. The summed E-state index contributed by atoms with van der Waals surface area (Å²) in [6.07, 6.45) is 0. The Bertz CT molecular complexity index is 364. The number of benzene rings is 1. The molecule has 0 saturated heterocycles. The zero-order valence-corrected chi connectivity index (χ0v) is 10.5. The van der Waals surface area contributed by atoms with Crippen LogP contribution in [0.5, 0.6) is 0 Å². The topological polar surface area (TPSA) is 41.1 Å². The highest BCUT2D eigenvalue weighted by Crippen LogP contribution is 2.13. The molecule has 4 heteroatoms. The number of halogens is 1. The molecule has 0 aliphatic rings. The van der Waals surface area contributed by atoms with Gasteiger partial charge >= 0.3 is 0 Å². The summed E-state index contributed by atoms with van der Waals surface area (Å²) in [6.45, 7) is 4.39. The minimum absolute atomic E-state index is 0.00354. The Morgan fingerprint density at radius 1 is 1.29 bits per heavy atom. The van der Waals surface area contributed by atoms with Crippen molar-refractivity contribution in [2.24, 2.45) is 5.92 Å². The maximum Gasteiger partial charge on any atom is 0.224 e. The van der Waals surface area contributed by atoms with Crippen molar-refractivity contribution in [2.75, 3.05) is 13.6 Å². The maximum atomic E-state index is 12.7. The normalized spacial score (nSPS) is 14.1. The Labute approximate surface area is 101 Å². The van der Waals surface area contributed by atoms with Crippen LogP contribution in [0.15, 0.2) is 24.3 Å². The molecule has 17 heavy (non-hydrogen) atoms. The molecule has 0 aliphatic heterocycles. The number of carbonyl (C=O) groups is 1. The average Bonchev–Trinajstić information content (AvgIpc) is 2.30. The summed E-state index contributed by atoms with van der Waals surface area (Å²) in [7, 11) is 1.81.